The number of rotatable bonds is 3. The fourth-order valence-electron chi connectivity index (χ4n) is 5.76. The van der Waals surface area contributed by atoms with Gasteiger partial charge < -0.3 is 4.74 Å². The summed E-state index contributed by atoms with van der Waals surface area (Å²) < 4.78 is 5.45. The zero-order valence-electron chi connectivity index (χ0n) is 16.5. The van der Waals surface area contributed by atoms with Crippen molar-refractivity contribution < 1.29 is 19.1 Å². The maximum Gasteiger partial charge on any atom is 0.343 e. The van der Waals surface area contributed by atoms with E-state index in [4.69, 9.17) is 4.74 Å². The molecule has 0 unspecified atom stereocenters. The van der Waals surface area contributed by atoms with Crippen LogP contribution in [0.3, 0.4) is 0 Å². The number of ether oxygens (including phenoxy) is 1. The SMILES string of the molecule is Cc1ccc(OC(=O)c2cccc(N3C(=O)[C@@H]4[C@H]5C=C[C@@H]([C@@H]6C[C@@H]56)[C@H]4C3=O)c2)cc1. The van der Waals surface area contributed by atoms with Crippen LogP contribution in [0, 0.1) is 42.4 Å². The molecule has 1 aliphatic heterocycles. The summed E-state index contributed by atoms with van der Waals surface area (Å²) in [6.45, 7) is 1.96. The molecule has 2 bridgehead atoms. The zero-order valence-corrected chi connectivity index (χ0v) is 16.5. The van der Waals surface area contributed by atoms with E-state index in [1.807, 2.05) is 19.1 Å². The predicted octanol–water partition coefficient (Wildman–Crippen LogP) is 3.77. The summed E-state index contributed by atoms with van der Waals surface area (Å²) in [6.07, 6.45) is 5.45. The summed E-state index contributed by atoms with van der Waals surface area (Å²) >= 11 is 0. The number of carbonyl (C=O) groups excluding carboxylic acids is 3. The van der Waals surface area contributed by atoms with Gasteiger partial charge in [-0.05, 0) is 67.3 Å². The zero-order chi connectivity index (χ0) is 20.6. The van der Waals surface area contributed by atoms with Gasteiger partial charge in [0.1, 0.15) is 5.75 Å². The highest BCUT2D eigenvalue weighted by molar-refractivity contribution is 6.23. The summed E-state index contributed by atoms with van der Waals surface area (Å²) in [5, 5.41) is 0. The van der Waals surface area contributed by atoms with E-state index in [0.29, 0.717) is 28.8 Å². The lowest BCUT2D eigenvalue weighted by molar-refractivity contribution is -0.124. The van der Waals surface area contributed by atoms with Crippen molar-refractivity contribution in [1.29, 1.82) is 0 Å². The summed E-state index contributed by atoms with van der Waals surface area (Å²) in [4.78, 5) is 40.5. The van der Waals surface area contributed by atoms with E-state index in [0.717, 1.165) is 12.0 Å². The molecule has 6 atom stereocenters. The first-order chi connectivity index (χ1) is 14.5. The number of hydrogen-bond acceptors (Lipinski definition) is 4. The van der Waals surface area contributed by atoms with Crippen LogP contribution in [0.25, 0.3) is 0 Å². The van der Waals surface area contributed by atoms with Crippen molar-refractivity contribution in [3.63, 3.8) is 0 Å². The van der Waals surface area contributed by atoms with Crippen LogP contribution < -0.4 is 9.64 Å². The van der Waals surface area contributed by atoms with Crippen LogP contribution in [0.4, 0.5) is 5.69 Å². The molecule has 5 nitrogen and oxygen atoms in total. The summed E-state index contributed by atoms with van der Waals surface area (Å²) in [7, 11) is 0. The number of aryl methyl sites for hydroxylation is 1. The second kappa shape index (κ2) is 6.14. The maximum atomic E-state index is 13.3. The standard InChI is InChI=1S/C25H21NO4/c1-13-5-7-16(8-6-13)30-25(29)14-3-2-4-15(11-14)26-23(27)21-17-9-10-18(20-12-19(17)20)22(21)24(26)28/h2-11,17-22H,12H2,1H3/t17-,18-,19-,20-,21+,22+/m0/s1. The van der Waals surface area contributed by atoms with Crippen molar-refractivity contribution in [3.05, 3.63) is 71.8 Å². The first-order valence-electron chi connectivity index (χ1n) is 10.5. The number of amides is 2. The first-order valence-corrected chi connectivity index (χ1v) is 10.5. The Bertz CT molecular complexity index is 1080. The molecular weight excluding hydrogens is 378 g/mol. The quantitative estimate of drug-likeness (QED) is 0.341. The van der Waals surface area contributed by atoms with Crippen molar-refractivity contribution in [1.82, 2.24) is 0 Å². The Morgan fingerprint density at radius 1 is 0.933 bits per heavy atom. The Hall–Kier alpha value is -3.21. The van der Waals surface area contributed by atoms with Crippen LogP contribution in [0.1, 0.15) is 22.3 Å². The number of anilines is 1. The third kappa shape index (κ3) is 2.44. The minimum atomic E-state index is -0.514. The largest absolute Gasteiger partial charge is 0.423 e. The lowest BCUT2D eigenvalue weighted by Crippen LogP contribution is -2.40. The monoisotopic (exact) mass is 399 g/mol. The first kappa shape index (κ1) is 17.6. The lowest BCUT2D eigenvalue weighted by Gasteiger charge is -2.37. The molecule has 0 aromatic heterocycles. The normalized spacial score (nSPS) is 32.8. The van der Waals surface area contributed by atoms with Gasteiger partial charge in [0, 0.05) is 0 Å². The molecule has 4 aliphatic carbocycles. The maximum absolute atomic E-state index is 13.3. The lowest BCUT2D eigenvalue weighted by atomic mass is 9.63. The van der Waals surface area contributed by atoms with E-state index in [1.165, 1.54) is 4.90 Å². The van der Waals surface area contributed by atoms with Crippen molar-refractivity contribution in [2.24, 2.45) is 35.5 Å². The molecule has 0 spiro atoms. The third-order valence-corrected chi connectivity index (χ3v) is 7.23. The van der Waals surface area contributed by atoms with Gasteiger partial charge in [-0.3, -0.25) is 9.59 Å². The van der Waals surface area contributed by atoms with Gasteiger partial charge in [-0.1, -0.05) is 35.9 Å². The molecule has 150 valence electrons. The molecule has 0 radical (unpaired) electrons. The summed E-state index contributed by atoms with van der Waals surface area (Å²) in [5.74, 6) is 0.679. The number of nitrogens with zero attached hydrogens (tertiary/aromatic N) is 1. The van der Waals surface area contributed by atoms with Crippen molar-refractivity contribution in [2.75, 3.05) is 4.90 Å². The molecular formula is C25H21NO4. The molecule has 7 rings (SSSR count). The van der Waals surface area contributed by atoms with E-state index < -0.39 is 5.97 Å². The molecule has 1 heterocycles. The van der Waals surface area contributed by atoms with Gasteiger partial charge in [-0.15, -0.1) is 0 Å². The third-order valence-electron chi connectivity index (χ3n) is 7.23. The number of benzene rings is 2. The van der Waals surface area contributed by atoms with Gasteiger partial charge in [0.15, 0.2) is 0 Å². The highest BCUT2D eigenvalue weighted by Crippen LogP contribution is 2.65. The minimum Gasteiger partial charge on any atom is -0.423 e. The van der Waals surface area contributed by atoms with Gasteiger partial charge >= 0.3 is 5.97 Å². The van der Waals surface area contributed by atoms with Crippen LogP contribution in [-0.2, 0) is 9.59 Å². The van der Waals surface area contributed by atoms with E-state index in [1.54, 1.807) is 36.4 Å². The van der Waals surface area contributed by atoms with Crippen LogP contribution in [-0.4, -0.2) is 17.8 Å². The van der Waals surface area contributed by atoms with Crippen molar-refractivity contribution in [2.45, 2.75) is 13.3 Å². The molecule has 2 saturated carbocycles. The van der Waals surface area contributed by atoms with Crippen LogP contribution in [0.5, 0.6) is 5.75 Å². The Kier molecular flexibility index (Phi) is 3.61. The summed E-state index contributed by atoms with van der Waals surface area (Å²) in [5.41, 5.74) is 1.84. The van der Waals surface area contributed by atoms with E-state index >= 15 is 0 Å². The molecule has 30 heavy (non-hydrogen) atoms. The van der Waals surface area contributed by atoms with E-state index in [-0.39, 0.29) is 35.5 Å². The molecule has 5 aliphatic rings. The minimum absolute atomic E-state index is 0.126. The van der Waals surface area contributed by atoms with Crippen LogP contribution in [0.2, 0.25) is 0 Å². The van der Waals surface area contributed by atoms with Gasteiger partial charge in [0.05, 0.1) is 23.1 Å². The number of allylic oxidation sites excluding steroid dienone is 2. The Morgan fingerprint density at radius 3 is 2.20 bits per heavy atom. The Balaban J connectivity index is 1.28. The van der Waals surface area contributed by atoms with Gasteiger partial charge in [-0.2, -0.15) is 0 Å². The molecule has 0 N–H and O–H groups in total. The van der Waals surface area contributed by atoms with Gasteiger partial charge in [0.2, 0.25) is 11.8 Å². The molecule has 3 fully saturated rings. The Labute approximate surface area is 174 Å². The predicted molar refractivity (Wildman–Crippen MR) is 110 cm³/mol. The number of carbonyl (C=O) groups is 3. The average molecular weight is 399 g/mol. The topological polar surface area (TPSA) is 63.7 Å². The van der Waals surface area contributed by atoms with Crippen LogP contribution >= 0.6 is 0 Å². The van der Waals surface area contributed by atoms with Gasteiger partial charge in [0.25, 0.3) is 0 Å². The number of imide groups is 1. The molecule has 1 saturated heterocycles. The summed E-state index contributed by atoms with van der Waals surface area (Å²) in [6, 6.07) is 13.8. The molecule has 2 amide bonds. The van der Waals surface area contributed by atoms with E-state index in [9.17, 15) is 14.4 Å². The van der Waals surface area contributed by atoms with Crippen LogP contribution in [0.15, 0.2) is 60.7 Å². The smallest absolute Gasteiger partial charge is 0.343 e. The highest BCUT2D eigenvalue weighted by Gasteiger charge is 2.67. The van der Waals surface area contributed by atoms with Crippen molar-refractivity contribution >= 4 is 23.5 Å². The molecule has 2 aromatic carbocycles. The second-order valence-corrected chi connectivity index (χ2v) is 8.92. The molecule has 5 heteroatoms. The second-order valence-electron chi connectivity index (χ2n) is 8.92. The van der Waals surface area contributed by atoms with E-state index in [2.05, 4.69) is 12.2 Å². The van der Waals surface area contributed by atoms with Gasteiger partial charge in [-0.25, -0.2) is 9.69 Å². The highest BCUT2D eigenvalue weighted by atomic mass is 16.5. The number of esters is 1. The number of hydrogen-bond donors (Lipinski definition) is 0. The molecule has 2 aromatic rings. The fourth-order valence-corrected chi connectivity index (χ4v) is 5.76. The average Bonchev–Trinajstić information content (AvgIpc) is 3.53. The fraction of sp³-hybridized carbons (Fsp3) is 0.320. The van der Waals surface area contributed by atoms with Crippen molar-refractivity contribution in [3.8, 4) is 5.75 Å². The Morgan fingerprint density at radius 2 is 1.57 bits per heavy atom.